The summed E-state index contributed by atoms with van der Waals surface area (Å²) < 4.78 is 0. The molecule has 0 aromatic heterocycles. The van der Waals surface area contributed by atoms with E-state index in [2.05, 4.69) is 4.90 Å². The molecule has 0 radical (unpaired) electrons. The number of aliphatic hydroxyl groups is 1. The molecule has 1 heterocycles. The lowest BCUT2D eigenvalue weighted by Gasteiger charge is -2.23. The highest BCUT2D eigenvalue weighted by atomic mass is 16.3. The zero-order valence-corrected chi connectivity index (χ0v) is 7.71. The van der Waals surface area contributed by atoms with Gasteiger partial charge in [0.2, 0.25) is 0 Å². The SMILES string of the molecule is OCC1CCN(C2CCCC2)C1. The third-order valence-corrected chi connectivity index (χ3v) is 3.42. The van der Waals surface area contributed by atoms with Crippen LogP contribution in [-0.2, 0) is 0 Å². The maximum atomic E-state index is 9.00. The zero-order valence-electron chi connectivity index (χ0n) is 7.71. The van der Waals surface area contributed by atoms with E-state index in [0.29, 0.717) is 12.5 Å². The minimum Gasteiger partial charge on any atom is -0.396 e. The Morgan fingerprint density at radius 1 is 1.17 bits per heavy atom. The van der Waals surface area contributed by atoms with E-state index < -0.39 is 0 Å². The van der Waals surface area contributed by atoms with Gasteiger partial charge < -0.3 is 10.0 Å². The first-order valence-electron chi connectivity index (χ1n) is 5.25. The van der Waals surface area contributed by atoms with Crippen molar-refractivity contribution in [3.8, 4) is 0 Å². The second kappa shape index (κ2) is 3.75. The van der Waals surface area contributed by atoms with E-state index in [9.17, 15) is 0 Å². The summed E-state index contributed by atoms with van der Waals surface area (Å²) in [6.45, 7) is 2.78. The predicted molar refractivity (Wildman–Crippen MR) is 49.0 cm³/mol. The summed E-state index contributed by atoms with van der Waals surface area (Å²) in [4.78, 5) is 2.59. The van der Waals surface area contributed by atoms with Gasteiger partial charge in [-0.05, 0) is 31.7 Å². The monoisotopic (exact) mass is 169 g/mol. The fourth-order valence-electron chi connectivity index (χ4n) is 2.61. The molecule has 1 saturated heterocycles. The Morgan fingerprint density at radius 3 is 2.50 bits per heavy atom. The molecule has 0 aromatic carbocycles. The minimum absolute atomic E-state index is 0.392. The van der Waals surface area contributed by atoms with Crippen LogP contribution in [-0.4, -0.2) is 35.7 Å². The molecular formula is C10H19NO. The highest BCUT2D eigenvalue weighted by molar-refractivity contribution is 4.83. The maximum Gasteiger partial charge on any atom is 0.0471 e. The molecule has 2 rings (SSSR count). The van der Waals surface area contributed by atoms with Crippen LogP contribution in [0, 0.1) is 5.92 Å². The number of rotatable bonds is 2. The molecule has 1 aliphatic heterocycles. The van der Waals surface area contributed by atoms with Crippen molar-refractivity contribution in [1.29, 1.82) is 0 Å². The summed E-state index contributed by atoms with van der Waals surface area (Å²) in [6, 6.07) is 0.863. The average Bonchev–Trinajstić information content (AvgIpc) is 2.75. The number of likely N-dealkylation sites (tertiary alicyclic amines) is 1. The van der Waals surface area contributed by atoms with Gasteiger partial charge in [-0.2, -0.15) is 0 Å². The summed E-state index contributed by atoms with van der Waals surface area (Å²) in [6.07, 6.45) is 6.86. The molecule has 2 heteroatoms. The first-order valence-corrected chi connectivity index (χ1v) is 5.25. The zero-order chi connectivity index (χ0) is 8.39. The van der Waals surface area contributed by atoms with Crippen LogP contribution in [0.25, 0.3) is 0 Å². The molecule has 1 saturated carbocycles. The number of hydrogen-bond donors (Lipinski definition) is 1. The van der Waals surface area contributed by atoms with Gasteiger partial charge in [-0.1, -0.05) is 12.8 Å². The maximum absolute atomic E-state index is 9.00. The fraction of sp³-hybridized carbons (Fsp3) is 1.00. The van der Waals surface area contributed by atoms with Gasteiger partial charge in [-0.15, -0.1) is 0 Å². The van der Waals surface area contributed by atoms with E-state index in [1.54, 1.807) is 0 Å². The molecule has 2 fully saturated rings. The van der Waals surface area contributed by atoms with Crippen molar-refractivity contribution in [3.05, 3.63) is 0 Å². The van der Waals surface area contributed by atoms with Crippen LogP contribution in [0.4, 0.5) is 0 Å². The average molecular weight is 169 g/mol. The molecule has 2 aliphatic rings. The lowest BCUT2D eigenvalue weighted by Crippen LogP contribution is -2.31. The van der Waals surface area contributed by atoms with Gasteiger partial charge in [0.15, 0.2) is 0 Å². The lowest BCUT2D eigenvalue weighted by atomic mass is 10.1. The van der Waals surface area contributed by atoms with Crippen molar-refractivity contribution in [2.75, 3.05) is 19.7 Å². The fourth-order valence-corrected chi connectivity index (χ4v) is 2.61. The normalized spacial score (nSPS) is 33.2. The van der Waals surface area contributed by atoms with Crippen LogP contribution in [0.2, 0.25) is 0 Å². The molecule has 1 unspecified atom stereocenters. The molecule has 0 spiro atoms. The Bertz CT molecular complexity index is 143. The Hall–Kier alpha value is -0.0800. The van der Waals surface area contributed by atoms with Crippen LogP contribution in [0.5, 0.6) is 0 Å². The highest BCUT2D eigenvalue weighted by Gasteiger charge is 2.29. The highest BCUT2D eigenvalue weighted by Crippen LogP contribution is 2.28. The molecule has 70 valence electrons. The first-order chi connectivity index (χ1) is 5.90. The van der Waals surface area contributed by atoms with E-state index in [0.717, 1.165) is 12.6 Å². The minimum atomic E-state index is 0.392. The summed E-state index contributed by atoms with van der Waals surface area (Å²) >= 11 is 0. The molecule has 12 heavy (non-hydrogen) atoms. The summed E-state index contributed by atoms with van der Waals surface area (Å²) in [5, 5.41) is 9.00. The summed E-state index contributed by atoms with van der Waals surface area (Å²) in [5.74, 6) is 0.575. The molecule has 0 aromatic rings. The van der Waals surface area contributed by atoms with Gasteiger partial charge in [0.25, 0.3) is 0 Å². The second-order valence-electron chi connectivity index (χ2n) is 4.27. The van der Waals surface area contributed by atoms with E-state index in [1.807, 2.05) is 0 Å². The van der Waals surface area contributed by atoms with Gasteiger partial charge in [0.05, 0.1) is 0 Å². The van der Waals surface area contributed by atoms with Gasteiger partial charge in [0, 0.05) is 19.2 Å². The smallest absolute Gasteiger partial charge is 0.0471 e. The van der Waals surface area contributed by atoms with Gasteiger partial charge >= 0.3 is 0 Å². The van der Waals surface area contributed by atoms with Crippen LogP contribution in [0.15, 0.2) is 0 Å². The molecule has 0 bridgehead atoms. The van der Waals surface area contributed by atoms with E-state index in [4.69, 9.17) is 5.11 Å². The number of nitrogens with zero attached hydrogens (tertiary/aromatic N) is 1. The van der Waals surface area contributed by atoms with Crippen molar-refractivity contribution < 1.29 is 5.11 Å². The Kier molecular flexibility index (Phi) is 2.66. The quantitative estimate of drug-likeness (QED) is 0.672. The van der Waals surface area contributed by atoms with Crippen LogP contribution in [0.3, 0.4) is 0 Å². The second-order valence-corrected chi connectivity index (χ2v) is 4.27. The van der Waals surface area contributed by atoms with Crippen molar-refractivity contribution >= 4 is 0 Å². The van der Waals surface area contributed by atoms with Crippen molar-refractivity contribution in [2.45, 2.75) is 38.1 Å². The third-order valence-electron chi connectivity index (χ3n) is 3.42. The molecule has 1 N–H and O–H groups in total. The topological polar surface area (TPSA) is 23.5 Å². The largest absolute Gasteiger partial charge is 0.396 e. The molecule has 1 aliphatic carbocycles. The first kappa shape index (κ1) is 8.52. The Morgan fingerprint density at radius 2 is 1.92 bits per heavy atom. The number of hydrogen-bond acceptors (Lipinski definition) is 2. The lowest BCUT2D eigenvalue weighted by molar-refractivity contribution is 0.199. The van der Waals surface area contributed by atoms with Crippen molar-refractivity contribution in [3.63, 3.8) is 0 Å². The van der Waals surface area contributed by atoms with Crippen LogP contribution >= 0.6 is 0 Å². The Labute approximate surface area is 74.6 Å². The van der Waals surface area contributed by atoms with E-state index in [1.165, 1.54) is 38.6 Å². The van der Waals surface area contributed by atoms with Gasteiger partial charge in [-0.25, -0.2) is 0 Å². The van der Waals surface area contributed by atoms with E-state index in [-0.39, 0.29) is 0 Å². The summed E-state index contributed by atoms with van der Waals surface area (Å²) in [7, 11) is 0. The van der Waals surface area contributed by atoms with Crippen LogP contribution in [0.1, 0.15) is 32.1 Å². The standard InChI is InChI=1S/C10H19NO/c12-8-9-5-6-11(7-9)10-3-1-2-4-10/h9-10,12H,1-8H2. The molecule has 2 nitrogen and oxygen atoms in total. The van der Waals surface area contributed by atoms with Crippen molar-refractivity contribution in [2.24, 2.45) is 5.92 Å². The van der Waals surface area contributed by atoms with Gasteiger partial charge in [0.1, 0.15) is 0 Å². The van der Waals surface area contributed by atoms with E-state index >= 15 is 0 Å². The third kappa shape index (κ3) is 1.64. The Balaban J connectivity index is 1.81. The van der Waals surface area contributed by atoms with Crippen molar-refractivity contribution in [1.82, 2.24) is 4.90 Å². The molecular weight excluding hydrogens is 150 g/mol. The number of aliphatic hydroxyl groups excluding tert-OH is 1. The summed E-state index contributed by atoms with van der Waals surface area (Å²) in [5.41, 5.74) is 0. The predicted octanol–water partition coefficient (Wildman–Crippen LogP) is 1.24. The molecule has 0 amide bonds. The molecule has 1 atom stereocenters. The van der Waals surface area contributed by atoms with Crippen LogP contribution < -0.4 is 0 Å². The van der Waals surface area contributed by atoms with Gasteiger partial charge in [-0.3, -0.25) is 0 Å².